The van der Waals surface area contributed by atoms with E-state index in [1.807, 2.05) is 0 Å². The van der Waals surface area contributed by atoms with E-state index >= 15 is 0 Å². The second-order valence-electron chi connectivity index (χ2n) is 5.79. The van der Waals surface area contributed by atoms with E-state index < -0.39 is 0 Å². The highest BCUT2D eigenvalue weighted by molar-refractivity contribution is 5.32. The largest absolute Gasteiger partial charge is 0.381 e. The Morgan fingerprint density at radius 2 is 2.24 bits per heavy atom. The Labute approximate surface area is 105 Å². The topological polar surface area (TPSA) is 24.5 Å². The fourth-order valence-corrected chi connectivity index (χ4v) is 2.76. The van der Waals surface area contributed by atoms with Crippen LogP contribution in [0.1, 0.15) is 20.3 Å². The molecule has 0 aromatic rings. The van der Waals surface area contributed by atoms with Gasteiger partial charge >= 0.3 is 0 Å². The van der Waals surface area contributed by atoms with E-state index in [1.165, 1.54) is 11.3 Å². The predicted molar refractivity (Wildman–Crippen MR) is 70.9 cm³/mol. The first-order chi connectivity index (χ1) is 8.01. The molecule has 0 aliphatic carbocycles. The van der Waals surface area contributed by atoms with E-state index in [0.717, 1.165) is 26.2 Å². The van der Waals surface area contributed by atoms with Crippen LogP contribution in [0.25, 0.3) is 0 Å². The number of allylic oxidation sites excluding steroid dienone is 3. The van der Waals surface area contributed by atoms with Gasteiger partial charge in [0, 0.05) is 24.3 Å². The van der Waals surface area contributed by atoms with Crippen LogP contribution in [0.3, 0.4) is 0 Å². The van der Waals surface area contributed by atoms with Crippen molar-refractivity contribution in [2.45, 2.75) is 26.3 Å². The number of likely N-dealkylation sites (N-methyl/N-ethyl adjacent to an activating group) is 1. The first kappa shape index (κ1) is 12.7. The normalized spacial score (nSPS) is 33.4. The number of ether oxygens (including phenoxy) is 1. The molecule has 0 aromatic carbocycles. The van der Waals surface area contributed by atoms with E-state index in [9.17, 15) is 0 Å². The van der Waals surface area contributed by atoms with Crippen molar-refractivity contribution in [3.05, 3.63) is 23.4 Å². The van der Waals surface area contributed by atoms with Gasteiger partial charge < -0.3 is 15.0 Å². The maximum Gasteiger partial charge on any atom is 0.0606 e. The molecule has 2 unspecified atom stereocenters. The lowest BCUT2D eigenvalue weighted by Crippen LogP contribution is -2.44. The van der Waals surface area contributed by atoms with E-state index in [0.29, 0.717) is 6.04 Å². The highest BCUT2D eigenvalue weighted by Crippen LogP contribution is 2.39. The lowest BCUT2D eigenvalue weighted by molar-refractivity contribution is 0.167. The Morgan fingerprint density at radius 1 is 1.47 bits per heavy atom. The molecular weight excluding hydrogens is 212 g/mol. The molecule has 0 aromatic heterocycles. The minimum Gasteiger partial charge on any atom is -0.381 e. The quantitative estimate of drug-likeness (QED) is 0.808. The molecule has 2 heterocycles. The number of hydrogen-bond donors (Lipinski definition) is 1. The lowest BCUT2D eigenvalue weighted by atomic mass is 9.76. The van der Waals surface area contributed by atoms with Gasteiger partial charge in [0.1, 0.15) is 0 Å². The molecular formula is C14H24N2O. The van der Waals surface area contributed by atoms with Crippen molar-refractivity contribution in [1.29, 1.82) is 0 Å². The number of hydrogen-bond acceptors (Lipinski definition) is 3. The summed E-state index contributed by atoms with van der Waals surface area (Å²) >= 11 is 0. The Morgan fingerprint density at radius 3 is 2.82 bits per heavy atom. The van der Waals surface area contributed by atoms with Crippen molar-refractivity contribution in [2.75, 3.05) is 33.9 Å². The molecule has 0 radical (unpaired) electrons. The van der Waals surface area contributed by atoms with Crippen molar-refractivity contribution in [3.63, 3.8) is 0 Å². The standard InChI is InChI=1S/C14H24N2O/c1-11-5-6-12(13(15-11)9-16(3)4)14(2)7-8-17-10-14/h5-6,13,15H,7-10H2,1-4H3. The summed E-state index contributed by atoms with van der Waals surface area (Å²) < 4.78 is 5.59. The summed E-state index contributed by atoms with van der Waals surface area (Å²) in [6.07, 6.45) is 5.62. The molecule has 1 saturated heterocycles. The molecule has 2 rings (SSSR count). The zero-order chi connectivity index (χ0) is 12.5. The van der Waals surface area contributed by atoms with Crippen LogP contribution < -0.4 is 5.32 Å². The van der Waals surface area contributed by atoms with Crippen LogP contribution in [-0.2, 0) is 4.74 Å². The SMILES string of the molecule is CC1=CC=C(C2(C)CCOC2)C(CN(C)C)N1. The van der Waals surface area contributed by atoms with Crippen LogP contribution in [0.4, 0.5) is 0 Å². The van der Waals surface area contributed by atoms with Crippen LogP contribution in [-0.4, -0.2) is 44.8 Å². The summed E-state index contributed by atoms with van der Waals surface area (Å²) in [6, 6.07) is 0.418. The average molecular weight is 236 g/mol. The van der Waals surface area contributed by atoms with Gasteiger partial charge in [0.15, 0.2) is 0 Å². The van der Waals surface area contributed by atoms with Gasteiger partial charge in [0.05, 0.1) is 12.6 Å². The van der Waals surface area contributed by atoms with Crippen molar-refractivity contribution in [2.24, 2.45) is 5.41 Å². The minimum atomic E-state index is 0.213. The third kappa shape index (κ3) is 2.72. The van der Waals surface area contributed by atoms with Crippen LogP contribution in [0.2, 0.25) is 0 Å². The molecule has 17 heavy (non-hydrogen) atoms. The average Bonchev–Trinajstić information content (AvgIpc) is 2.65. The van der Waals surface area contributed by atoms with Gasteiger partial charge in [-0.25, -0.2) is 0 Å². The molecule has 0 amide bonds. The first-order valence-electron chi connectivity index (χ1n) is 6.39. The van der Waals surface area contributed by atoms with Crippen LogP contribution in [0.15, 0.2) is 23.4 Å². The van der Waals surface area contributed by atoms with Crippen LogP contribution >= 0.6 is 0 Å². The molecule has 0 bridgehead atoms. The lowest BCUT2D eigenvalue weighted by Gasteiger charge is -2.36. The summed E-state index contributed by atoms with van der Waals surface area (Å²) in [5.41, 5.74) is 2.96. The van der Waals surface area contributed by atoms with E-state index in [2.05, 4.69) is 50.3 Å². The monoisotopic (exact) mass is 236 g/mol. The molecule has 0 saturated carbocycles. The van der Waals surface area contributed by atoms with Crippen molar-refractivity contribution in [1.82, 2.24) is 10.2 Å². The van der Waals surface area contributed by atoms with Crippen molar-refractivity contribution < 1.29 is 4.74 Å². The van der Waals surface area contributed by atoms with Crippen molar-refractivity contribution in [3.8, 4) is 0 Å². The van der Waals surface area contributed by atoms with E-state index in [4.69, 9.17) is 4.74 Å². The fraction of sp³-hybridized carbons (Fsp3) is 0.714. The second kappa shape index (κ2) is 4.83. The Bertz CT molecular complexity index is 338. The summed E-state index contributed by atoms with van der Waals surface area (Å²) in [5, 5.41) is 3.60. The van der Waals surface area contributed by atoms with Crippen molar-refractivity contribution >= 4 is 0 Å². The number of dihydropyridines is 1. The molecule has 1 fully saturated rings. The summed E-state index contributed by atoms with van der Waals surface area (Å²) in [6.45, 7) is 7.24. The predicted octanol–water partition coefficient (Wildman–Crippen LogP) is 1.78. The van der Waals surface area contributed by atoms with Gasteiger partial charge in [0.2, 0.25) is 0 Å². The van der Waals surface area contributed by atoms with Gasteiger partial charge in [-0.3, -0.25) is 0 Å². The first-order valence-corrected chi connectivity index (χ1v) is 6.39. The Balaban J connectivity index is 2.21. The third-order valence-corrected chi connectivity index (χ3v) is 3.75. The number of rotatable bonds is 3. The molecule has 0 spiro atoms. The van der Waals surface area contributed by atoms with E-state index in [-0.39, 0.29) is 5.41 Å². The second-order valence-corrected chi connectivity index (χ2v) is 5.79. The molecule has 96 valence electrons. The number of nitrogens with zero attached hydrogens (tertiary/aromatic N) is 1. The Kier molecular flexibility index (Phi) is 3.59. The molecule has 3 nitrogen and oxygen atoms in total. The van der Waals surface area contributed by atoms with Gasteiger partial charge in [-0.1, -0.05) is 13.0 Å². The molecule has 1 N–H and O–H groups in total. The third-order valence-electron chi connectivity index (χ3n) is 3.75. The maximum absolute atomic E-state index is 5.59. The van der Waals surface area contributed by atoms with Gasteiger partial charge in [0.25, 0.3) is 0 Å². The summed E-state index contributed by atoms with van der Waals surface area (Å²) in [7, 11) is 4.25. The van der Waals surface area contributed by atoms with Gasteiger partial charge in [-0.05, 0) is 39.1 Å². The molecule has 3 heteroatoms. The summed E-state index contributed by atoms with van der Waals surface area (Å²) in [4.78, 5) is 2.24. The number of nitrogens with one attached hydrogen (secondary N) is 1. The van der Waals surface area contributed by atoms with Gasteiger partial charge in [-0.2, -0.15) is 0 Å². The fourth-order valence-electron chi connectivity index (χ4n) is 2.76. The Hall–Kier alpha value is -0.800. The van der Waals surface area contributed by atoms with Crippen LogP contribution in [0, 0.1) is 5.41 Å². The van der Waals surface area contributed by atoms with Gasteiger partial charge in [-0.15, -0.1) is 0 Å². The van der Waals surface area contributed by atoms with Crippen LogP contribution in [0.5, 0.6) is 0 Å². The highest BCUT2D eigenvalue weighted by Gasteiger charge is 2.38. The summed E-state index contributed by atoms with van der Waals surface area (Å²) in [5.74, 6) is 0. The highest BCUT2D eigenvalue weighted by atomic mass is 16.5. The maximum atomic E-state index is 5.59. The molecule has 2 atom stereocenters. The zero-order valence-electron chi connectivity index (χ0n) is 11.4. The van der Waals surface area contributed by atoms with E-state index in [1.54, 1.807) is 0 Å². The minimum absolute atomic E-state index is 0.213. The smallest absolute Gasteiger partial charge is 0.0606 e. The zero-order valence-corrected chi connectivity index (χ0v) is 11.4. The molecule has 2 aliphatic rings. The molecule has 2 aliphatic heterocycles.